The molecular formula is C39H53NO12. The Balaban J connectivity index is 1.10. The molecule has 0 spiro atoms. The summed E-state index contributed by atoms with van der Waals surface area (Å²) in [5.74, 6) is -1.52. The van der Waals surface area contributed by atoms with Crippen LogP contribution >= 0.6 is 0 Å². The van der Waals surface area contributed by atoms with Gasteiger partial charge in [-0.3, -0.25) is 4.79 Å². The summed E-state index contributed by atoms with van der Waals surface area (Å²) in [6.07, 6.45) is 0. The summed E-state index contributed by atoms with van der Waals surface area (Å²) < 4.78 is 50.2. The largest absolute Gasteiger partial charge is 0.480 e. The lowest BCUT2D eigenvalue weighted by Gasteiger charge is -2.36. The highest BCUT2D eigenvalue weighted by Gasteiger charge is 2.37. The van der Waals surface area contributed by atoms with E-state index in [-0.39, 0.29) is 6.61 Å². The predicted octanol–water partition coefficient (Wildman–Crippen LogP) is 3.33. The number of aliphatic carboxylic acids is 1. The van der Waals surface area contributed by atoms with Crippen molar-refractivity contribution >= 4 is 11.9 Å². The molecular weight excluding hydrogens is 674 g/mol. The summed E-state index contributed by atoms with van der Waals surface area (Å²) in [6, 6.07) is 30.8. The SMILES string of the molecule is O=C(O)COCC(=O)NCCOCCOCCOCCOCCOCCOCCOCCOC(c1ccccc1)(c1ccccc1)c1ccccc1. The van der Waals surface area contributed by atoms with Crippen LogP contribution in [0.5, 0.6) is 0 Å². The Kier molecular flexibility index (Phi) is 22.8. The molecule has 1 amide bonds. The lowest BCUT2D eigenvalue weighted by Crippen LogP contribution is -2.34. The molecule has 13 nitrogen and oxygen atoms in total. The summed E-state index contributed by atoms with van der Waals surface area (Å²) in [4.78, 5) is 21.7. The van der Waals surface area contributed by atoms with Gasteiger partial charge < -0.3 is 53.1 Å². The van der Waals surface area contributed by atoms with Gasteiger partial charge in [-0.25, -0.2) is 4.79 Å². The highest BCUT2D eigenvalue weighted by Crippen LogP contribution is 2.40. The van der Waals surface area contributed by atoms with Gasteiger partial charge in [-0.2, -0.15) is 0 Å². The molecule has 0 aliphatic carbocycles. The first kappa shape index (κ1) is 42.7. The molecule has 0 radical (unpaired) electrons. The third-order valence-corrected chi connectivity index (χ3v) is 7.35. The van der Waals surface area contributed by atoms with E-state index in [0.717, 1.165) is 16.7 Å². The third kappa shape index (κ3) is 17.6. The minimum absolute atomic E-state index is 0.299. The van der Waals surface area contributed by atoms with Crippen LogP contribution in [-0.4, -0.2) is 136 Å². The van der Waals surface area contributed by atoms with Crippen molar-refractivity contribution in [1.82, 2.24) is 5.32 Å². The molecule has 13 heteroatoms. The van der Waals surface area contributed by atoms with Gasteiger partial charge in [-0.05, 0) is 16.7 Å². The molecule has 286 valence electrons. The second-order valence-electron chi connectivity index (χ2n) is 11.2. The molecule has 0 saturated carbocycles. The number of ether oxygens (including phenoxy) is 9. The highest BCUT2D eigenvalue weighted by molar-refractivity contribution is 5.77. The van der Waals surface area contributed by atoms with Crippen molar-refractivity contribution in [2.24, 2.45) is 0 Å². The average Bonchev–Trinajstić information content (AvgIpc) is 3.17. The van der Waals surface area contributed by atoms with E-state index in [1.54, 1.807) is 0 Å². The van der Waals surface area contributed by atoms with Crippen LogP contribution in [0.1, 0.15) is 16.7 Å². The van der Waals surface area contributed by atoms with Crippen molar-refractivity contribution in [2.75, 3.05) is 119 Å². The average molecular weight is 728 g/mol. The van der Waals surface area contributed by atoms with Gasteiger partial charge in [0.2, 0.25) is 5.91 Å². The zero-order chi connectivity index (χ0) is 36.8. The van der Waals surface area contributed by atoms with E-state index in [0.29, 0.717) is 106 Å². The van der Waals surface area contributed by atoms with Crippen molar-refractivity contribution in [1.29, 1.82) is 0 Å². The maximum Gasteiger partial charge on any atom is 0.329 e. The smallest absolute Gasteiger partial charge is 0.329 e. The Labute approximate surface area is 306 Å². The topological polar surface area (TPSA) is 149 Å². The molecule has 52 heavy (non-hydrogen) atoms. The summed E-state index contributed by atoms with van der Waals surface area (Å²) in [5.41, 5.74) is 2.41. The number of hydrogen-bond acceptors (Lipinski definition) is 11. The molecule has 0 bridgehead atoms. The predicted molar refractivity (Wildman–Crippen MR) is 192 cm³/mol. The number of carbonyl (C=O) groups excluding carboxylic acids is 1. The van der Waals surface area contributed by atoms with Crippen LogP contribution in [0.3, 0.4) is 0 Å². The molecule has 0 aliphatic heterocycles. The van der Waals surface area contributed by atoms with Crippen molar-refractivity contribution in [2.45, 2.75) is 5.60 Å². The standard InChI is InChI=1S/C39H53NO12/c41-37(32-51-33-38(42)43)40-16-17-44-18-19-45-20-21-46-22-23-47-24-25-48-26-27-49-28-29-50-30-31-52-39(34-10-4-1-5-11-34,35-12-6-2-7-13-35)36-14-8-3-9-15-36/h1-15H,16-33H2,(H,40,41)(H,42,43). The number of nitrogens with one attached hydrogen (secondary N) is 1. The van der Waals surface area contributed by atoms with Gasteiger partial charge in [0.1, 0.15) is 18.8 Å². The molecule has 0 fully saturated rings. The molecule has 0 aromatic heterocycles. The van der Waals surface area contributed by atoms with Crippen molar-refractivity contribution in [3.05, 3.63) is 108 Å². The van der Waals surface area contributed by atoms with Gasteiger partial charge in [-0.1, -0.05) is 91.0 Å². The van der Waals surface area contributed by atoms with Crippen LogP contribution in [0, 0.1) is 0 Å². The Morgan fingerprint density at radius 2 is 0.769 bits per heavy atom. The fraction of sp³-hybridized carbons (Fsp3) is 0.487. The zero-order valence-corrected chi connectivity index (χ0v) is 29.8. The lowest BCUT2D eigenvalue weighted by atomic mass is 9.80. The van der Waals surface area contributed by atoms with E-state index >= 15 is 0 Å². The zero-order valence-electron chi connectivity index (χ0n) is 29.8. The van der Waals surface area contributed by atoms with Crippen LogP contribution in [0.25, 0.3) is 0 Å². The Bertz CT molecular complexity index is 1220. The van der Waals surface area contributed by atoms with Crippen LogP contribution in [0.15, 0.2) is 91.0 Å². The van der Waals surface area contributed by atoms with Crippen LogP contribution < -0.4 is 5.32 Å². The van der Waals surface area contributed by atoms with Crippen molar-refractivity contribution in [3.63, 3.8) is 0 Å². The molecule has 0 atom stereocenters. The third-order valence-electron chi connectivity index (χ3n) is 7.35. The molecule has 2 N–H and O–H groups in total. The van der Waals surface area contributed by atoms with Crippen molar-refractivity contribution in [3.8, 4) is 0 Å². The minimum Gasteiger partial charge on any atom is -0.480 e. The number of rotatable bonds is 32. The quantitative estimate of drug-likeness (QED) is 0.0718. The minimum atomic E-state index is -1.12. The van der Waals surface area contributed by atoms with E-state index in [1.165, 1.54) is 0 Å². The molecule has 3 aromatic rings. The van der Waals surface area contributed by atoms with Crippen LogP contribution in [0.4, 0.5) is 0 Å². The Morgan fingerprint density at radius 1 is 0.442 bits per heavy atom. The number of benzene rings is 3. The maximum atomic E-state index is 11.4. The van der Waals surface area contributed by atoms with Gasteiger partial charge >= 0.3 is 5.97 Å². The number of hydrogen-bond donors (Lipinski definition) is 2. The monoisotopic (exact) mass is 727 g/mol. The lowest BCUT2D eigenvalue weighted by molar-refractivity contribution is -0.143. The van der Waals surface area contributed by atoms with Gasteiger partial charge in [0.15, 0.2) is 0 Å². The van der Waals surface area contributed by atoms with Crippen LogP contribution in [-0.2, 0) is 57.8 Å². The van der Waals surface area contributed by atoms with E-state index in [1.807, 2.05) is 54.6 Å². The molecule has 0 unspecified atom stereocenters. The first-order valence-electron chi connectivity index (χ1n) is 17.5. The first-order valence-corrected chi connectivity index (χ1v) is 17.5. The van der Waals surface area contributed by atoms with E-state index in [4.69, 9.17) is 43.0 Å². The fourth-order valence-corrected chi connectivity index (χ4v) is 4.99. The fourth-order valence-electron chi connectivity index (χ4n) is 4.99. The Hall–Kier alpha value is -3.76. The molecule has 0 heterocycles. The van der Waals surface area contributed by atoms with Crippen molar-refractivity contribution < 1.29 is 57.3 Å². The second-order valence-corrected chi connectivity index (χ2v) is 11.2. The molecule has 0 aliphatic rings. The summed E-state index contributed by atoms with van der Waals surface area (Å²) in [6.45, 7) is 5.98. The highest BCUT2D eigenvalue weighted by atomic mass is 16.6. The van der Waals surface area contributed by atoms with Gasteiger partial charge in [0.25, 0.3) is 0 Å². The normalized spacial score (nSPS) is 11.5. The number of carboxylic acids is 1. The van der Waals surface area contributed by atoms with E-state index < -0.39 is 24.1 Å². The number of carbonyl (C=O) groups is 2. The molecule has 0 saturated heterocycles. The molecule has 3 rings (SSSR count). The van der Waals surface area contributed by atoms with Crippen LogP contribution in [0.2, 0.25) is 0 Å². The van der Waals surface area contributed by atoms with Gasteiger partial charge in [0.05, 0.1) is 99.1 Å². The van der Waals surface area contributed by atoms with Gasteiger partial charge in [-0.15, -0.1) is 0 Å². The van der Waals surface area contributed by atoms with E-state index in [2.05, 4.69) is 46.5 Å². The summed E-state index contributed by atoms with van der Waals surface area (Å²) in [5, 5.41) is 11.0. The molecule has 3 aromatic carbocycles. The first-order chi connectivity index (χ1) is 25.6. The number of amides is 1. The maximum absolute atomic E-state index is 11.4. The summed E-state index contributed by atoms with van der Waals surface area (Å²) in [7, 11) is 0. The van der Waals surface area contributed by atoms with Gasteiger partial charge in [0, 0.05) is 6.54 Å². The van der Waals surface area contributed by atoms with E-state index in [9.17, 15) is 9.59 Å². The summed E-state index contributed by atoms with van der Waals surface area (Å²) >= 11 is 0. The number of carboxylic acid groups (broad SMARTS) is 1. The Morgan fingerprint density at radius 3 is 1.12 bits per heavy atom. The second kappa shape index (κ2) is 27.8.